The van der Waals surface area contributed by atoms with Gasteiger partial charge in [0.05, 0.1) is 7.11 Å². The Morgan fingerprint density at radius 3 is 3.00 bits per heavy atom. The van der Waals surface area contributed by atoms with Gasteiger partial charge in [-0.3, -0.25) is 0 Å². The second-order valence-corrected chi connectivity index (χ2v) is 4.31. The normalized spacial score (nSPS) is 10.9. The monoisotopic (exact) mass is 248 g/mol. The summed E-state index contributed by atoms with van der Waals surface area (Å²) in [5, 5.41) is 22.4. The second kappa shape index (κ2) is 3.70. The molecule has 0 aliphatic rings. The van der Waals surface area contributed by atoms with Gasteiger partial charge in [0.2, 0.25) is 4.96 Å². The van der Waals surface area contributed by atoms with Gasteiger partial charge in [-0.1, -0.05) is 11.3 Å². The van der Waals surface area contributed by atoms with Crippen LogP contribution in [0.2, 0.25) is 0 Å². The number of nitrogens with zero attached hydrogens (tertiary/aromatic N) is 4. The number of fused-ring (bicyclic) bond motifs is 1. The van der Waals surface area contributed by atoms with Crippen molar-refractivity contribution in [2.45, 2.75) is 0 Å². The van der Waals surface area contributed by atoms with Crippen molar-refractivity contribution < 1.29 is 9.84 Å². The van der Waals surface area contributed by atoms with Gasteiger partial charge in [0, 0.05) is 5.56 Å². The molecule has 2 aromatic heterocycles. The first-order valence-electron chi connectivity index (χ1n) is 4.82. The fraction of sp³-hybridized carbons (Fsp3) is 0.100. The molecule has 0 aliphatic carbocycles. The van der Waals surface area contributed by atoms with Crippen LogP contribution in [0.25, 0.3) is 15.5 Å². The molecule has 86 valence electrons. The van der Waals surface area contributed by atoms with E-state index in [4.69, 9.17) is 4.74 Å². The molecule has 1 N–H and O–H groups in total. The van der Waals surface area contributed by atoms with E-state index < -0.39 is 0 Å². The smallest absolute Gasteiger partial charge is 0.234 e. The molecule has 6 nitrogen and oxygen atoms in total. The zero-order valence-electron chi connectivity index (χ0n) is 8.86. The summed E-state index contributed by atoms with van der Waals surface area (Å²) in [6, 6.07) is 5.15. The van der Waals surface area contributed by atoms with Gasteiger partial charge < -0.3 is 9.84 Å². The van der Waals surface area contributed by atoms with E-state index in [2.05, 4.69) is 15.3 Å². The van der Waals surface area contributed by atoms with Gasteiger partial charge in [-0.2, -0.15) is 9.61 Å². The maximum atomic E-state index is 9.70. The average Bonchev–Trinajstić information content (AvgIpc) is 2.88. The third kappa shape index (κ3) is 1.60. The fourth-order valence-corrected chi connectivity index (χ4v) is 2.32. The Balaban J connectivity index is 2.09. The van der Waals surface area contributed by atoms with Crippen molar-refractivity contribution in [3.63, 3.8) is 0 Å². The van der Waals surface area contributed by atoms with Crippen molar-refractivity contribution in [3.05, 3.63) is 24.5 Å². The van der Waals surface area contributed by atoms with E-state index in [0.29, 0.717) is 5.75 Å². The van der Waals surface area contributed by atoms with E-state index in [1.54, 1.807) is 23.0 Å². The molecule has 0 saturated heterocycles. The molecule has 2 heterocycles. The van der Waals surface area contributed by atoms with Crippen LogP contribution in [0.3, 0.4) is 0 Å². The van der Waals surface area contributed by atoms with Crippen LogP contribution in [0.5, 0.6) is 11.5 Å². The largest absolute Gasteiger partial charge is 0.504 e. The van der Waals surface area contributed by atoms with Gasteiger partial charge in [0.25, 0.3) is 0 Å². The first kappa shape index (κ1) is 10.0. The number of benzene rings is 1. The van der Waals surface area contributed by atoms with Crippen molar-refractivity contribution >= 4 is 16.3 Å². The lowest BCUT2D eigenvalue weighted by molar-refractivity contribution is 0.373. The van der Waals surface area contributed by atoms with E-state index in [1.165, 1.54) is 18.4 Å². The molecule has 0 bridgehead atoms. The van der Waals surface area contributed by atoms with Gasteiger partial charge in [-0.25, -0.2) is 0 Å². The van der Waals surface area contributed by atoms with E-state index in [0.717, 1.165) is 15.5 Å². The highest BCUT2D eigenvalue weighted by Gasteiger charge is 2.10. The number of ether oxygens (including phenoxy) is 1. The molecule has 1 aromatic carbocycles. The maximum Gasteiger partial charge on any atom is 0.234 e. The van der Waals surface area contributed by atoms with Crippen molar-refractivity contribution in [1.82, 2.24) is 19.8 Å². The van der Waals surface area contributed by atoms with Crippen LogP contribution in [0.4, 0.5) is 0 Å². The quantitative estimate of drug-likeness (QED) is 0.745. The molecular formula is C10H8N4O2S. The molecule has 0 amide bonds. The third-order valence-corrected chi connectivity index (χ3v) is 3.27. The Kier molecular flexibility index (Phi) is 2.19. The summed E-state index contributed by atoms with van der Waals surface area (Å²) in [7, 11) is 1.51. The van der Waals surface area contributed by atoms with Crippen LogP contribution >= 0.6 is 11.3 Å². The molecule has 0 fully saturated rings. The highest BCUT2D eigenvalue weighted by molar-refractivity contribution is 7.19. The first-order valence-corrected chi connectivity index (χ1v) is 5.64. The molecule has 3 rings (SSSR count). The SMILES string of the molecule is COc1ccc(-c2nn3cnnc3s2)cc1O. The molecule has 0 aliphatic heterocycles. The van der Waals surface area contributed by atoms with Crippen LogP contribution in [-0.2, 0) is 0 Å². The van der Waals surface area contributed by atoms with Crippen LogP contribution in [-0.4, -0.2) is 32.0 Å². The Morgan fingerprint density at radius 2 is 2.29 bits per heavy atom. The molecule has 0 atom stereocenters. The number of aromatic hydroxyl groups is 1. The Hall–Kier alpha value is -2.15. The highest BCUT2D eigenvalue weighted by Crippen LogP contribution is 2.32. The van der Waals surface area contributed by atoms with E-state index in [-0.39, 0.29) is 5.75 Å². The number of aromatic nitrogens is 4. The lowest BCUT2D eigenvalue weighted by Crippen LogP contribution is -1.85. The molecule has 0 unspecified atom stereocenters. The van der Waals surface area contributed by atoms with Crippen molar-refractivity contribution in [2.75, 3.05) is 7.11 Å². The number of methoxy groups -OCH3 is 1. The van der Waals surface area contributed by atoms with Crippen LogP contribution in [0.15, 0.2) is 24.5 Å². The summed E-state index contributed by atoms with van der Waals surface area (Å²) in [5.74, 6) is 0.535. The van der Waals surface area contributed by atoms with Gasteiger partial charge in [0.1, 0.15) is 11.3 Å². The van der Waals surface area contributed by atoms with Gasteiger partial charge in [0.15, 0.2) is 11.5 Å². The topological polar surface area (TPSA) is 72.5 Å². The van der Waals surface area contributed by atoms with Crippen LogP contribution in [0.1, 0.15) is 0 Å². The van der Waals surface area contributed by atoms with Gasteiger partial charge in [-0.15, -0.1) is 10.2 Å². The summed E-state index contributed by atoms with van der Waals surface area (Å²) in [6.45, 7) is 0. The minimum atomic E-state index is 0.0935. The van der Waals surface area contributed by atoms with E-state index in [9.17, 15) is 5.11 Å². The summed E-state index contributed by atoms with van der Waals surface area (Å²) >= 11 is 1.41. The Labute approximate surface area is 100 Å². The van der Waals surface area contributed by atoms with E-state index in [1.807, 2.05) is 6.07 Å². The minimum absolute atomic E-state index is 0.0935. The first-order chi connectivity index (χ1) is 8.28. The second-order valence-electron chi connectivity index (χ2n) is 3.35. The predicted octanol–water partition coefficient (Wildman–Crippen LogP) is 1.57. The number of hydrogen-bond acceptors (Lipinski definition) is 6. The summed E-state index contributed by atoms with van der Waals surface area (Å²) in [6.07, 6.45) is 1.54. The highest BCUT2D eigenvalue weighted by atomic mass is 32.1. The number of rotatable bonds is 2. The van der Waals surface area contributed by atoms with Crippen LogP contribution < -0.4 is 4.74 Å². The number of phenols is 1. The minimum Gasteiger partial charge on any atom is -0.504 e. The maximum absolute atomic E-state index is 9.70. The molecule has 0 radical (unpaired) electrons. The Bertz CT molecular complexity index is 647. The summed E-state index contributed by atoms with van der Waals surface area (Å²) in [5.41, 5.74) is 0.818. The van der Waals surface area contributed by atoms with Crippen LogP contribution in [0, 0.1) is 0 Å². The van der Waals surface area contributed by atoms with Crippen molar-refractivity contribution in [1.29, 1.82) is 0 Å². The number of phenolic OH excluding ortho intramolecular Hbond substituents is 1. The summed E-state index contributed by atoms with van der Waals surface area (Å²) < 4.78 is 6.58. The zero-order valence-corrected chi connectivity index (χ0v) is 9.68. The lowest BCUT2D eigenvalue weighted by atomic mass is 10.2. The van der Waals surface area contributed by atoms with Gasteiger partial charge in [-0.05, 0) is 18.2 Å². The average molecular weight is 248 g/mol. The third-order valence-electron chi connectivity index (χ3n) is 2.31. The van der Waals surface area contributed by atoms with Gasteiger partial charge >= 0.3 is 0 Å². The molecule has 7 heteroatoms. The molecule has 17 heavy (non-hydrogen) atoms. The molecular weight excluding hydrogens is 240 g/mol. The molecule has 3 aromatic rings. The number of hydrogen-bond donors (Lipinski definition) is 1. The zero-order chi connectivity index (χ0) is 11.8. The van der Waals surface area contributed by atoms with Crippen molar-refractivity contribution in [2.24, 2.45) is 0 Å². The summed E-state index contributed by atoms with van der Waals surface area (Å²) in [4.78, 5) is 0.718. The van der Waals surface area contributed by atoms with Crippen molar-refractivity contribution in [3.8, 4) is 22.1 Å². The lowest BCUT2D eigenvalue weighted by Gasteiger charge is -2.03. The molecule has 0 saturated carbocycles. The Morgan fingerprint density at radius 1 is 1.41 bits per heavy atom. The van der Waals surface area contributed by atoms with E-state index >= 15 is 0 Å². The predicted molar refractivity (Wildman–Crippen MR) is 62.3 cm³/mol. The fourth-order valence-electron chi connectivity index (χ4n) is 1.50. The standard InChI is InChI=1S/C10H8N4O2S/c1-16-8-3-2-6(4-7(8)15)9-13-14-5-11-12-10(14)17-9/h2-5,15H,1H3. The molecule has 0 spiro atoms.